The van der Waals surface area contributed by atoms with Gasteiger partial charge in [-0.1, -0.05) is 32.0 Å². The molecular formula is C13H23NO3. The number of methoxy groups -OCH3 is 1. The highest BCUT2D eigenvalue weighted by Gasteiger charge is 2.03. The summed E-state index contributed by atoms with van der Waals surface area (Å²) in [4.78, 5) is 10.7. The summed E-state index contributed by atoms with van der Waals surface area (Å²) >= 11 is 0. The molecule has 4 heteroatoms. The predicted octanol–water partition coefficient (Wildman–Crippen LogP) is 3.52. The topological polar surface area (TPSA) is 52.3 Å². The molecule has 1 rings (SSSR count). The number of carbonyl (C=O) groups is 1. The van der Waals surface area contributed by atoms with Gasteiger partial charge in [0.1, 0.15) is 6.26 Å². The molecule has 0 atom stereocenters. The highest BCUT2D eigenvalue weighted by Crippen LogP contribution is 2.00. The van der Waals surface area contributed by atoms with Crippen molar-refractivity contribution in [2.24, 2.45) is 0 Å². The molecule has 0 bridgehead atoms. The fourth-order valence-corrected chi connectivity index (χ4v) is 0.855. The fourth-order valence-electron chi connectivity index (χ4n) is 0.855. The van der Waals surface area contributed by atoms with Crippen molar-refractivity contribution in [3.8, 4) is 0 Å². The molecule has 0 aromatic carbocycles. The molecule has 0 amide bonds. The second kappa shape index (κ2) is 12.5. The average molecular weight is 241 g/mol. The van der Waals surface area contributed by atoms with Crippen LogP contribution in [0.4, 0.5) is 0 Å². The Kier molecular flexibility index (Phi) is 13.1. The zero-order valence-electron chi connectivity index (χ0n) is 11.6. The lowest BCUT2D eigenvalue weighted by molar-refractivity contribution is -0.136. The lowest BCUT2D eigenvalue weighted by Crippen LogP contribution is -2.02. The van der Waals surface area contributed by atoms with E-state index >= 15 is 0 Å². The van der Waals surface area contributed by atoms with Crippen LogP contribution < -0.4 is 0 Å². The van der Waals surface area contributed by atoms with E-state index in [2.05, 4.69) is 14.4 Å². The number of hydrogen-bond acceptors (Lipinski definition) is 4. The maximum absolute atomic E-state index is 10.7. The quantitative estimate of drug-likeness (QED) is 0.587. The van der Waals surface area contributed by atoms with Gasteiger partial charge < -0.3 is 9.26 Å². The number of nitrogens with zero attached hydrogens (tertiary/aromatic N) is 1. The van der Waals surface area contributed by atoms with Crippen molar-refractivity contribution in [3.63, 3.8) is 0 Å². The van der Waals surface area contributed by atoms with Crippen LogP contribution in [0.3, 0.4) is 0 Å². The summed E-state index contributed by atoms with van der Waals surface area (Å²) < 4.78 is 8.95. The Morgan fingerprint density at radius 2 is 2.12 bits per heavy atom. The van der Waals surface area contributed by atoms with E-state index in [1.807, 2.05) is 34.6 Å². The Morgan fingerprint density at radius 1 is 1.53 bits per heavy atom. The molecule has 1 heterocycles. The number of rotatable bonds is 2. The van der Waals surface area contributed by atoms with E-state index in [4.69, 9.17) is 0 Å². The van der Waals surface area contributed by atoms with E-state index in [1.54, 1.807) is 18.5 Å². The first-order valence-electron chi connectivity index (χ1n) is 5.75. The first kappa shape index (κ1) is 17.8. The van der Waals surface area contributed by atoms with Gasteiger partial charge in [0.15, 0.2) is 0 Å². The van der Waals surface area contributed by atoms with Crippen molar-refractivity contribution >= 4 is 5.97 Å². The third-order valence-electron chi connectivity index (χ3n) is 1.73. The van der Waals surface area contributed by atoms with Gasteiger partial charge in [-0.2, -0.15) is 0 Å². The summed E-state index contributed by atoms with van der Waals surface area (Å²) in [5.41, 5.74) is 1.80. The van der Waals surface area contributed by atoms with Gasteiger partial charge in [-0.3, -0.25) is 0 Å². The molecule has 17 heavy (non-hydrogen) atoms. The van der Waals surface area contributed by atoms with Gasteiger partial charge in [-0.25, -0.2) is 4.79 Å². The van der Waals surface area contributed by atoms with Crippen LogP contribution in [0.25, 0.3) is 0 Å². The van der Waals surface area contributed by atoms with Crippen LogP contribution in [0.2, 0.25) is 0 Å². The van der Waals surface area contributed by atoms with Crippen molar-refractivity contribution in [1.29, 1.82) is 0 Å². The summed E-state index contributed by atoms with van der Waals surface area (Å²) in [6.45, 7) is 9.68. The molecule has 4 nitrogen and oxygen atoms in total. The van der Waals surface area contributed by atoms with Crippen molar-refractivity contribution in [3.05, 3.63) is 29.7 Å². The highest BCUT2D eigenvalue weighted by atomic mass is 16.5. The first-order valence-corrected chi connectivity index (χ1v) is 5.75. The number of carbonyl (C=O) groups excluding carboxylic acids is 1. The monoisotopic (exact) mass is 241 g/mol. The van der Waals surface area contributed by atoms with Gasteiger partial charge in [0.2, 0.25) is 0 Å². The molecule has 0 saturated heterocycles. The maximum Gasteiger partial charge on any atom is 0.333 e. The van der Waals surface area contributed by atoms with Gasteiger partial charge in [-0.05, 0) is 20.3 Å². The van der Waals surface area contributed by atoms with Gasteiger partial charge in [0.25, 0.3) is 0 Å². The first-order chi connectivity index (χ1) is 8.15. The molecular weight excluding hydrogens is 218 g/mol. The average Bonchev–Trinajstić information content (AvgIpc) is 2.85. The van der Waals surface area contributed by atoms with Crippen LogP contribution in [-0.4, -0.2) is 18.2 Å². The molecule has 0 fully saturated rings. The molecule has 0 aliphatic carbocycles. The molecule has 1 aromatic rings. The van der Waals surface area contributed by atoms with E-state index in [9.17, 15) is 4.79 Å². The lowest BCUT2D eigenvalue weighted by atomic mass is 10.2. The van der Waals surface area contributed by atoms with E-state index in [0.29, 0.717) is 0 Å². The summed E-state index contributed by atoms with van der Waals surface area (Å²) in [5, 5.41) is 3.45. The minimum atomic E-state index is -0.222. The van der Waals surface area contributed by atoms with Crippen LogP contribution in [-0.2, 0) is 9.53 Å². The largest absolute Gasteiger partial charge is 0.466 e. The molecule has 0 aliphatic rings. The van der Waals surface area contributed by atoms with Crippen molar-refractivity contribution in [2.45, 2.75) is 41.0 Å². The Morgan fingerprint density at radius 3 is 2.24 bits per heavy atom. The van der Waals surface area contributed by atoms with Crippen molar-refractivity contribution < 1.29 is 14.1 Å². The fraction of sp³-hybridized carbons (Fsp3) is 0.538. The number of hydrogen-bond donors (Lipinski definition) is 0. The number of allylic oxidation sites excluding steroid dienone is 1. The summed E-state index contributed by atoms with van der Waals surface area (Å²) in [6, 6.07) is 0. The van der Waals surface area contributed by atoms with Crippen molar-refractivity contribution in [2.75, 3.05) is 7.11 Å². The van der Waals surface area contributed by atoms with E-state index in [0.717, 1.165) is 17.6 Å². The van der Waals surface area contributed by atoms with Crippen LogP contribution in [0, 0.1) is 6.92 Å². The molecule has 1 aromatic heterocycles. The second-order valence-corrected chi connectivity index (χ2v) is 2.86. The normalized spacial score (nSPS) is 9.41. The van der Waals surface area contributed by atoms with E-state index in [1.165, 1.54) is 7.11 Å². The standard InChI is InChI=1S/C7H12O2.C4H5NO.C2H6/c1-4-6(5-2)7(8)9-3;1-4-2-5-6-3-4;1-2/h4H,5H2,1-3H3;2-3H,1H3;1-2H3/b6-4+;;. The predicted molar refractivity (Wildman–Crippen MR) is 68.7 cm³/mol. The van der Waals surface area contributed by atoms with E-state index < -0.39 is 0 Å². The lowest BCUT2D eigenvalue weighted by Gasteiger charge is -1.98. The third kappa shape index (κ3) is 9.35. The Bertz CT molecular complexity index is 302. The third-order valence-corrected chi connectivity index (χ3v) is 1.73. The highest BCUT2D eigenvalue weighted by molar-refractivity contribution is 5.88. The van der Waals surface area contributed by atoms with Gasteiger partial charge in [0.05, 0.1) is 13.3 Å². The zero-order chi connectivity index (χ0) is 13.7. The molecule has 0 spiro atoms. The van der Waals surface area contributed by atoms with Crippen molar-refractivity contribution in [1.82, 2.24) is 5.16 Å². The van der Waals surface area contributed by atoms with Gasteiger partial charge in [0, 0.05) is 11.1 Å². The van der Waals surface area contributed by atoms with Gasteiger partial charge in [-0.15, -0.1) is 0 Å². The number of ether oxygens (including phenoxy) is 1. The molecule has 0 radical (unpaired) electrons. The van der Waals surface area contributed by atoms with Gasteiger partial charge >= 0.3 is 5.97 Å². The Balaban J connectivity index is 0. The van der Waals surface area contributed by atoms with Crippen LogP contribution >= 0.6 is 0 Å². The maximum atomic E-state index is 10.7. The molecule has 0 saturated carbocycles. The molecule has 0 N–H and O–H groups in total. The summed E-state index contributed by atoms with van der Waals surface area (Å²) in [6.07, 6.45) is 5.77. The molecule has 98 valence electrons. The summed E-state index contributed by atoms with van der Waals surface area (Å²) in [7, 11) is 1.39. The minimum absolute atomic E-state index is 0.222. The molecule has 0 aliphatic heterocycles. The smallest absolute Gasteiger partial charge is 0.333 e. The Hall–Kier alpha value is -1.58. The number of aryl methyl sites for hydroxylation is 1. The van der Waals surface area contributed by atoms with Crippen LogP contribution in [0.15, 0.2) is 28.6 Å². The van der Waals surface area contributed by atoms with Crippen LogP contribution in [0.5, 0.6) is 0 Å². The summed E-state index contributed by atoms with van der Waals surface area (Å²) in [5.74, 6) is -0.222. The molecule has 0 unspecified atom stereocenters. The number of aromatic nitrogens is 1. The zero-order valence-corrected chi connectivity index (χ0v) is 11.6. The Labute approximate surface area is 104 Å². The van der Waals surface area contributed by atoms with Crippen LogP contribution in [0.1, 0.15) is 39.7 Å². The van der Waals surface area contributed by atoms with E-state index in [-0.39, 0.29) is 5.97 Å². The minimum Gasteiger partial charge on any atom is -0.466 e. The SMILES string of the molecule is C/C=C(\CC)C(=O)OC.CC.Cc1cnoc1. The number of esters is 1. The second-order valence-electron chi connectivity index (χ2n) is 2.86.